The number of rotatable bonds is 4. The van der Waals surface area contributed by atoms with Crippen molar-refractivity contribution in [3.8, 4) is 0 Å². The van der Waals surface area contributed by atoms with Crippen LogP contribution in [0.5, 0.6) is 0 Å². The largest absolute Gasteiger partial charge is 0.397 e. The minimum absolute atomic E-state index is 0.0522. The zero-order valence-corrected chi connectivity index (χ0v) is 21.2. The van der Waals surface area contributed by atoms with E-state index in [-0.39, 0.29) is 36.6 Å². The number of anilines is 3. The van der Waals surface area contributed by atoms with Gasteiger partial charge in [0.1, 0.15) is 0 Å². The number of hydrogen-bond acceptors (Lipinski definition) is 7. The average molecular weight is 528 g/mol. The van der Waals surface area contributed by atoms with Gasteiger partial charge in [0.15, 0.2) is 5.69 Å². The first-order valence-electron chi connectivity index (χ1n) is 12.8. The molecule has 2 aliphatic heterocycles. The van der Waals surface area contributed by atoms with Gasteiger partial charge in [0, 0.05) is 30.7 Å². The Labute approximate surface area is 219 Å². The highest BCUT2D eigenvalue weighted by Crippen LogP contribution is 2.37. The molecule has 1 aromatic carbocycles. The second-order valence-electron chi connectivity index (χ2n) is 10.4. The van der Waals surface area contributed by atoms with Gasteiger partial charge in [0.05, 0.1) is 34.7 Å². The molecule has 2 aliphatic rings. The van der Waals surface area contributed by atoms with Crippen LogP contribution >= 0.6 is 0 Å². The molecule has 1 amide bonds. The Bertz CT molecular complexity index is 1320. The number of carbonyl (C=O) groups is 1. The molecule has 2 atom stereocenters. The summed E-state index contributed by atoms with van der Waals surface area (Å²) in [5, 5.41) is 3.60. The minimum Gasteiger partial charge on any atom is -0.397 e. The summed E-state index contributed by atoms with van der Waals surface area (Å²) < 4.78 is 40.5. The number of amides is 1. The van der Waals surface area contributed by atoms with Crippen LogP contribution in [0.25, 0.3) is 10.9 Å². The summed E-state index contributed by atoms with van der Waals surface area (Å²) in [5.74, 6) is -1.68. The van der Waals surface area contributed by atoms with Gasteiger partial charge in [-0.25, -0.2) is 4.98 Å². The number of nitrogen functional groups attached to an aromatic ring is 1. The number of benzene rings is 1. The second-order valence-corrected chi connectivity index (χ2v) is 10.4. The van der Waals surface area contributed by atoms with E-state index in [9.17, 15) is 18.0 Å². The van der Waals surface area contributed by atoms with Gasteiger partial charge in [0.2, 0.25) is 0 Å². The summed E-state index contributed by atoms with van der Waals surface area (Å²) in [5.41, 5.74) is 15.0. The van der Waals surface area contributed by atoms with Gasteiger partial charge in [-0.15, -0.1) is 0 Å². The highest BCUT2D eigenvalue weighted by molar-refractivity contribution is 6.09. The van der Waals surface area contributed by atoms with Gasteiger partial charge >= 0.3 is 6.18 Å². The van der Waals surface area contributed by atoms with Crippen LogP contribution in [0.15, 0.2) is 42.7 Å². The number of alkyl halides is 3. The number of nitrogens with two attached hydrogens (primary N) is 2. The van der Waals surface area contributed by atoms with Crippen molar-refractivity contribution in [1.82, 2.24) is 14.9 Å². The molecule has 38 heavy (non-hydrogen) atoms. The quantitative estimate of drug-likeness (QED) is 0.470. The van der Waals surface area contributed by atoms with E-state index in [1.807, 2.05) is 12.1 Å². The number of halogens is 3. The Morgan fingerprint density at radius 3 is 2.63 bits per heavy atom. The monoisotopic (exact) mass is 527 g/mol. The predicted molar refractivity (Wildman–Crippen MR) is 142 cm³/mol. The number of carbonyl (C=O) groups excluding carboxylic acids is 1. The highest BCUT2D eigenvalue weighted by Gasteiger charge is 2.44. The number of nitrogens with zero attached hydrogens (tertiary/aromatic N) is 4. The van der Waals surface area contributed by atoms with Crippen LogP contribution in [0.4, 0.5) is 30.2 Å². The lowest BCUT2D eigenvalue weighted by Crippen LogP contribution is -2.51. The lowest BCUT2D eigenvalue weighted by Gasteiger charge is -2.39. The first-order valence-corrected chi connectivity index (χ1v) is 12.8. The number of aromatic nitrogens is 2. The summed E-state index contributed by atoms with van der Waals surface area (Å²) in [6.45, 7) is 2.05. The molecular formula is C27H32F3N7O. The van der Waals surface area contributed by atoms with E-state index in [0.29, 0.717) is 17.1 Å². The van der Waals surface area contributed by atoms with E-state index >= 15 is 0 Å². The molecular weight excluding hydrogens is 495 g/mol. The molecule has 2 aromatic heterocycles. The van der Waals surface area contributed by atoms with Crippen molar-refractivity contribution in [2.75, 3.05) is 49.2 Å². The van der Waals surface area contributed by atoms with Crippen molar-refractivity contribution in [3.05, 3.63) is 54.0 Å². The smallest absolute Gasteiger partial charge is 0.393 e. The summed E-state index contributed by atoms with van der Waals surface area (Å²) in [4.78, 5) is 25.8. The van der Waals surface area contributed by atoms with Gasteiger partial charge < -0.3 is 26.6 Å². The van der Waals surface area contributed by atoms with E-state index in [2.05, 4.69) is 33.3 Å². The topological polar surface area (TPSA) is 113 Å². The summed E-state index contributed by atoms with van der Waals surface area (Å²) >= 11 is 0. The Kier molecular flexibility index (Phi) is 7.15. The molecule has 2 fully saturated rings. The number of pyridine rings is 2. The molecule has 0 bridgehead atoms. The third-order valence-electron chi connectivity index (χ3n) is 7.61. The maximum Gasteiger partial charge on any atom is 0.393 e. The van der Waals surface area contributed by atoms with Crippen molar-refractivity contribution in [2.24, 2.45) is 11.7 Å². The van der Waals surface area contributed by atoms with Crippen LogP contribution in [0.2, 0.25) is 0 Å². The van der Waals surface area contributed by atoms with E-state index in [0.717, 1.165) is 31.3 Å². The SMILES string of the molecule is CN1CCC(c2ccc3cc(N)c(C(=O)Nc4cnccc4N4C[C@H](N)C[C@H](C(F)(F)F)C4)nc3c2)CC1. The fraction of sp³-hybridized carbons (Fsp3) is 0.444. The van der Waals surface area contributed by atoms with E-state index in [1.54, 1.807) is 17.0 Å². The average Bonchev–Trinajstić information content (AvgIpc) is 2.88. The van der Waals surface area contributed by atoms with Crippen LogP contribution in [-0.2, 0) is 0 Å². The van der Waals surface area contributed by atoms with Crippen molar-refractivity contribution < 1.29 is 18.0 Å². The first-order chi connectivity index (χ1) is 18.1. The Morgan fingerprint density at radius 2 is 1.89 bits per heavy atom. The fourth-order valence-corrected chi connectivity index (χ4v) is 5.49. The molecule has 11 heteroatoms. The number of fused-ring (bicyclic) bond motifs is 1. The zero-order chi connectivity index (χ0) is 27.0. The lowest BCUT2D eigenvalue weighted by molar-refractivity contribution is -0.177. The second kappa shape index (κ2) is 10.4. The highest BCUT2D eigenvalue weighted by atomic mass is 19.4. The van der Waals surface area contributed by atoms with Gasteiger partial charge in [-0.05, 0) is 69.1 Å². The van der Waals surface area contributed by atoms with Gasteiger partial charge in [-0.2, -0.15) is 13.2 Å². The van der Waals surface area contributed by atoms with Crippen LogP contribution in [0, 0.1) is 5.92 Å². The number of nitrogens with one attached hydrogen (secondary N) is 1. The molecule has 5 N–H and O–H groups in total. The molecule has 202 valence electrons. The van der Waals surface area contributed by atoms with Crippen molar-refractivity contribution in [2.45, 2.75) is 37.4 Å². The molecule has 5 rings (SSSR count). The van der Waals surface area contributed by atoms with Crippen LogP contribution in [-0.4, -0.2) is 66.2 Å². The van der Waals surface area contributed by atoms with Gasteiger partial charge in [0.25, 0.3) is 5.91 Å². The van der Waals surface area contributed by atoms with Crippen molar-refractivity contribution >= 4 is 33.9 Å². The fourth-order valence-electron chi connectivity index (χ4n) is 5.49. The summed E-state index contributed by atoms with van der Waals surface area (Å²) in [7, 11) is 2.12. The minimum atomic E-state index is -4.36. The lowest BCUT2D eigenvalue weighted by atomic mass is 9.89. The number of piperidine rings is 2. The maximum atomic E-state index is 13.5. The molecule has 8 nitrogen and oxygen atoms in total. The Morgan fingerprint density at radius 1 is 1.13 bits per heavy atom. The van der Waals surface area contributed by atoms with Gasteiger partial charge in [-0.3, -0.25) is 9.78 Å². The number of likely N-dealkylation sites (tertiary alicyclic amines) is 1. The van der Waals surface area contributed by atoms with Crippen LogP contribution < -0.4 is 21.7 Å². The van der Waals surface area contributed by atoms with Crippen molar-refractivity contribution in [3.63, 3.8) is 0 Å². The molecule has 0 unspecified atom stereocenters. The standard InChI is InChI=1S/C27H32F3N7O/c1-36-8-5-16(6-9-36)17-2-3-18-10-21(32)25(34-22(18)11-17)26(38)35-23-13-33-7-4-24(23)37-14-19(27(28,29)30)12-20(31)15-37/h2-4,7,10-11,13,16,19-20H,5-6,8-9,12,14-15,31-32H2,1H3,(H,35,38)/t19-,20+/m0/s1. The van der Waals surface area contributed by atoms with Gasteiger partial charge in [-0.1, -0.05) is 12.1 Å². The summed E-state index contributed by atoms with van der Waals surface area (Å²) in [6.07, 6.45) is 0.506. The first kappa shape index (κ1) is 26.2. The molecule has 4 heterocycles. The third-order valence-corrected chi connectivity index (χ3v) is 7.61. The van der Waals surface area contributed by atoms with Crippen molar-refractivity contribution in [1.29, 1.82) is 0 Å². The van der Waals surface area contributed by atoms with E-state index in [1.165, 1.54) is 18.0 Å². The Balaban J connectivity index is 1.40. The normalized spacial score (nSPS) is 21.6. The molecule has 0 saturated carbocycles. The molecule has 0 spiro atoms. The number of hydrogen-bond donors (Lipinski definition) is 3. The van der Waals surface area contributed by atoms with E-state index in [4.69, 9.17) is 11.5 Å². The third kappa shape index (κ3) is 5.53. The summed E-state index contributed by atoms with van der Waals surface area (Å²) in [6, 6.07) is 8.74. The molecule has 0 radical (unpaired) electrons. The zero-order valence-electron chi connectivity index (χ0n) is 21.2. The Hall–Kier alpha value is -3.44. The maximum absolute atomic E-state index is 13.5. The van der Waals surface area contributed by atoms with Crippen LogP contribution in [0.3, 0.4) is 0 Å². The molecule has 3 aromatic rings. The molecule has 0 aliphatic carbocycles. The van der Waals surface area contributed by atoms with E-state index < -0.39 is 24.0 Å². The van der Waals surface area contributed by atoms with Crippen LogP contribution in [0.1, 0.15) is 41.2 Å². The molecule has 2 saturated heterocycles. The predicted octanol–water partition coefficient (Wildman–Crippen LogP) is 3.99.